The average Bonchev–Trinajstić information content (AvgIpc) is 2.96. The summed E-state index contributed by atoms with van der Waals surface area (Å²) in [6, 6.07) is 6.37. The summed E-state index contributed by atoms with van der Waals surface area (Å²) >= 11 is 0. The Kier molecular flexibility index (Phi) is 4.83. The van der Waals surface area contributed by atoms with E-state index >= 15 is 0 Å². The molecular formula is C14H19N3O3S. The minimum absolute atomic E-state index is 0.120. The van der Waals surface area contributed by atoms with Crippen LogP contribution in [0.25, 0.3) is 0 Å². The Labute approximate surface area is 125 Å². The highest BCUT2D eigenvalue weighted by Gasteiger charge is 2.34. The first-order valence-electron chi connectivity index (χ1n) is 6.75. The van der Waals surface area contributed by atoms with Crippen LogP contribution in [0.2, 0.25) is 0 Å². The van der Waals surface area contributed by atoms with Crippen molar-refractivity contribution in [3.63, 3.8) is 0 Å². The molecule has 1 aromatic rings. The summed E-state index contributed by atoms with van der Waals surface area (Å²) < 4.78 is 32.0. The van der Waals surface area contributed by atoms with Crippen LogP contribution < -0.4 is 10.1 Å². The summed E-state index contributed by atoms with van der Waals surface area (Å²) in [7, 11) is -0.319. The molecule has 1 atom stereocenters. The third-order valence-electron chi connectivity index (χ3n) is 3.65. The van der Waals surface area contributed by atoms with Crippen LogP contribution in [-0.4, -0.2) is 46.5 Å². The summed E-state index contributed by atoms with van der Waals surface area (Å²) in [4.78, 5) is 0.120. The van der Waals surface area contributed by atoms with Gasteiger partial charge in [-0.15, -0.1) is 0 Å². The molecule has 0 radical (unpaired) electrons. The molecule has 2 rings (SSSR count). The second kappa shape index (κ2) is 6.43. The molecule has 0 spiro atoms. The van der Waals surface area contributed by atoms with Gasteiger partial charge in [0, 0.05) is 13.1 Å². The number of ether oxygens (including phenoxy) is 1. The van der Waals surface area contributed by atoms with E-state index in [1.54, 1.807) is 0 Å². The molecule has 114 valence electrons. The third kappa shape index (κ3) is 3.18. The number of benzene rings is 1. The zero-order valence-electron chi connectivity index (χ0n) is 12.2. The molecule has 0 amide bonds. The predicted octanol–water partition coefficient (Wildman–Crippen LogP) is 0.797. The van der Waals surface area contributed by atoms with Crippen molar-refractivity contribution in [2.24, 2.45) is 5.92 Å². The van der Waals surface area contributed by atoms with E-state index in [1.807, 2.05) is 13.1 Å². The topological polar surface area (TPSA) is 82.4 Å². The fourth-order valence-corrected chi connectivity index (χ4v) is 4.23. The maximum Gasteiger partial charge on any atom is 0.246 e. The number of rotatable bonds is 5. The molecule has 0 bridgehead atoms. The van der Waals surface area contributed by atoms with Crippen molar-refractivity contribution in [1.29, 1.82) is 5.26 Å². The molecule has 6 nitrogen and oxygen atoms in total. The quantitative estimate of drug-likeness (QED) is 0.870. The molecule has 1 unspecified atom stereocenters. The smallest absolute Gasteiger partial charge is 0.246 e. The van der Waals surface area contributed by atoms with E-state index in [2.05, 4.69) is 5.32 Å². The van der Waals surface area contributed by atoms with Crippen LogP contribution in [0.5, 0.6) is 5.75 Å². The van der Waals surface area contributed by atoms with Crippen molar-refractivity contribution < 1.29 is 13.2 Å². The van der Waals surface area contributed by atoms with E-state index in [-0.39, 0.29) is 10.6 Å². The van der Waals surface area contributed by atoms with Gasteiger partial charge in [-0.2, -0.15) is 9.57 Å². The number of hydrogen-bond acceptors (Lipinski definition) is 5. The molecule has 1 fully saturated rings. The van der Waals surface area contributed by atoms with Crippen LogP contribution in [-0.2, 0) is 10.0 Å². The van der Waals surface area contributed by atoms with Gasteiger partial charge in [0.05, 0.1) is 18.7 Å². The zero-order chi connectivity index (χ0) is 15.5. The highest BCUT2D eigenvalue weighted by atomic mass is 32.2. The van der Waals surface area contributed by atoms with E-state index in [0.29, 0.717) is 24.6 Å². The highest BCUT2D eigenvalue weighted by molar-refractivity contribution is 7.89. The first-order chi connectivity index (χ1) is 10.0. The number of methoxy groups -OCH3 is 1. The zero-order valence-corrected chi connectivity index (χ0v) is 13.0. The van der Waals surface area contributed by atoms with Crippen molar-refractivity contribution in [3.8, 4) is 11.8 Å². The standard InChI is InChI=1S/C14H19N3O3S/c1-16-9-12-5-6-17(10-12)21(18,19)14-4-3-11(8-15)7-13(14)20-2/h3-4,7,12,16H,5-6,9-10H2,1-2H3. The Bertz CT molecular complexity index is 652. The van der Waals surface area contributed by atoms with E-state index in [1.165, 1.54) is 29.6 Å². The van der Waals surface area contributed by atoms with Gasteiger partial charge in [-0.1, -0.05) is 0 Å². The normalized spacial score (nSPS) is 19.4. The Hall–Kier alpha value is -1.62. The lowest BCUT2D eigenvalue weighted by atomic mass is 10.1. The molecular weight excluding hydrogens is 290 g/mol. The van der Waals surface area contributed by atoms with Gasteiger partial charge in [-0.05, 0) is 44.1 Å². The summed E-state index contributed by atoms with van der Waals surface area (Å²) in [5.74, 6) is 0.542. The predicted molar refractivity (Wildman–Crippen MR) is 78.5 cm³/mol. The van der Waals surface area contributed by atoms with Gasteiger partial charge in [-0.25, -0.2) is 8.42 Å². The van der Waals surface area contributed by atoms with E-state index in [4.69, 9.17) is 10.00 Å². The fourth-order valence-electron chi connectivity index (χ4n) is 2.56. The Morgan fingerprint density at radius 2 is 2.29 bits per heavy atom. The lowest BCUT2D eigenvalue weighted by Gasteiger charge is -2.18. The SMILES string of the molecule is CNCC1CCN(S(=O)(=O)c2ccc(C#N)cc2OC)C1. The Morgan fingerprint density at radius 3 is 2.90 bits per heavy atom. The first kappa shape index (κ1) is 15.8. The second-order valence-electron chi connectivity index (χ2n) is 5.05. The summed E-state index contributed by atoms with van der Waals surface area (Å²) in [6.07, 6.45) is 0.846. The molecule has 21 heavy (non-hydrogen) atoms. The van der Waals surface area contributed by atoms with Crippen LogP contribution in [0.15, 0.2) is 23.1 Å². The fraction of sp³-hybridized carbons (Fsp3) is 0.500. The molecule has 0 aromatic heterocycles. The van der Waals surface area contributed by atoms with Gasteiger partial charge in [-0.3, -0.25) is 0 Å². The highest BCUT2D eigenvalue weighted by Crippen LogP contribution is 2.30. The van der Waals surface area contributed by atoms with Crippen molar-refractivity contribution in [2.45, 2.75) is 11.3 Å². The van der Waals surface area contributed by atoms with Crippen LogP contribution >= 0.6 is 0 Å². The number of nitriles is 1. The maximum absolute atomic E-state index is 12.7. The average molecular weight is 309 g/mol. The summed E-state index contributed by atoms with van der Waals surface area (Å²) in [5.41, 5.74) is 0.375. The molecule has 1 saturated heterocycles. The Morgan fingerprint density at radius 1 is 1.52 bits per heavy atom. The molecule has 1 aliphatic rings. The lowest BCUT2D eigenvalue weighted by Crippen LogP contribution is -2.30. The third-order valence-corrected chi connectivity index (χ3v) is 5.56. The van der Waals surface area contributed by atoms with Gasteiger partial charge in [0.1, 0.15) is 10.6 Å². The maximum atomic E-state index is 12.7. The van der Waals surface area contributed by atoms with Crippen molar-refractivity contribution >= 4 is 10.0 Å². The number of hydrogen-bond donors (Lipinski definition) is 1. The number of sulfonamides is 1. The molecule has 1 heterocycles. The lowest BCUT2D eigenvalue weighted by molar-refractivity contribution is 0.397. The van der Waals surface area contributed by atoms with Gasteiger partial charge in [0.15, 0.2) is 0 Å². The van der Waals surface area contributed by atoms with Crippen LogP contribution in [0.1, 0.15) is 12.0 Å². The molecule has 1 N–H and O–H groups in total. The summed E-state index contributed by atoms with van der Waals surface area (Å²) in [5, 5.41) is 12.0. The number of nitrogens with one attached hydrogen (secondary N) is 1. The molecule has 7 heteroatoms. The minimum atomic E-state index is -3.59. The van der Waals surface area contributed by atoms with Gasteiger partial charge < -0.3 is 10.1 Å². The second-order valence-corrected chi connectivity index (χ2v) is 6.96. The number of nitrogens with zero attached hydrogens (tertiary/aromatic N) is 2. The molecule has 0 saturated carbocycles. The minimum Gasteiger partial charge on any atom is -0.495 e. The largest absolute Gasteiger partial charge is 0.495 e. The van der Waals surface area contributed by atoms with Gasteiger partial charge in [0.25, 0.3) is 0 Å². The molecule has 0 aliphatic carbocycles. The van der Waals surface area contributed by atoms with Crippen molar-refractivity contribution in [2.75, 3.05) is 33.8 Å². The molecule has 1 aliphatic heterocycles. The van der Waals surface area contributed by atoms with E-state index < -0.39 is 10.0 Å². The van der Waals surface area contributed by atoms with E-state index in [9.17, 15) is 8.42 Å². The Balaban J connectivity index is 2.30. The van der Waals surface area contributed by atoms with Gasteiger partial charge >= 0.3 is 0 Å². The van der Waals surface area contributed by atoms with Crippen molar-refractivity contribution in [3.05, 3.63) is 23.8 Å². The monoisotopic (exact) mass is 309 g/mol. The first-order valence-corrected chi connectivity index (χ1v) is 8.19. The molecule has 1 aromatic carbocycles. The van der Waals surface area contributed by atoms with Crippen molar-refractivity contribution in [1.82, 2.24) is 9.62 Å². The van der Waals surface area contributed by atoms with E-state index in [0.717, 1.165) is 13.0 Å². The van der Waals surface area contributed by atoms with Crippen LogP contribution in [0, 0.1) is 17.2 Å². The summed E-state index contributed by atoms with van der Waals surface area (Å²) in [6.45, 7) is 1.82. The van der Waals surface area contributed by atoms with Crippen LogP contribution in [0.3, 0.4) is 0 Å². The van der Waals surface area contributed by atoms with Gasteiger partial charge in [0.2, 0.25) is 10.0 Å². The van der Waals surface area contributed by atoms with Crippen LogP contribution in [0.4, 0.5) is 0 Å².